The Kier molecular flexibility index (Phi) is 3.20. The third kappa shape index (κ3) is 2.81. The van der Waals surface area contributed by atoms with Gasteiger partial charge in [0.2, 0.25) is 11.8 Å². The summed E-state index contributed by atoms with van der Waals surface area (Å²) in [5, 5.41) is 5.34. The summed E-state index contributed by atoms with van der Waals surface area (Å²) in [5.41, 5.74) is 0.644. The van der Waals surface area contributed by atoms with Gasteiger partial charge in [-0.15, -0.1) is 0 Å². The predicted molar refractivity (Wildman–Crippen MR) is 73.7 cm³/mol. The van der Waals surface area contributed by atoms with Gasteiger partial charge in [0, 0.05) is 17.5 Å². The van der Waals surface area contributed by atoms with Gasteiger partial charge in [0.25, 0.3) is 0 Å². The number of rotatable bonds is 4. The molecule has 0 unspecified atom stereocenters. The van der Waals surface area contributed by atoms with Gasteiger partial charge in [-0.25, -0.2) is 4.39 Å². The van der Waals surface area contributed by atoms with Gasteiger partial charge in [-0.2, -0.15) is 0 Å². The zero-order valence-corrected chi connectivity index (χ0v) is 11.3. The van der Waals surface area contributed by atoms with Crippen LogP contribution in [0, 0.1) is 23.6 Å². The number of carbonyl (C=O) groups is 2. The van der Waals surface area contributed by atoms with E-state index in [1.54, 1.807) is 0 Å². The number of anilines is 2. The first-order chi connectivity index (χ1) is 9.54. The molecule has 4 nitrogen and oxygen atoms in total. The molecule has 106 valence electrons. The molecule has 5 heteroatoms. The van der Waals surface area contributed by atoms with E-state index in [9.17, 15) is 14.0 Å². The Labute approximate surface area is 116 Å². The highest BCUT2D eigenvalue weighted by Crippen LogP contribution is 2.38. The van der Waals surface area contributed by atoms with Crippen LogP contribution in [0.2, 0.25) is 0 Å². The second kappa shape index (κ2) is 4.89. The number of halogens is 1. The molecule has 2 atom stereocenters. The van der Waals surface area contributed by atoms with Crippen molar-refractivity contribution in [2.24, 2.45) is 17.8 Å². The molecule has 0 aromatic heterocycles. The monoisotopic (exact) mass is 276 g/mol. The third-order valence-electron chi connectivity index (χ3n) is 3.89. The van der Waals surface area contributed by atoms with Crippen LogP contribution in [0.25, 0.3) is 0 Å². The summed E-state index contributed by atoms with van der Waals surface area (Å²) < 4.78 is 13.7. The van der Waals surface area contributed by atoms with Gasteiger partial charge in [-0.05, 0) is 43.4 Å². The Hall–Kier alpha value is -1.91. The normalized spacial score (nSPS) is 24.1. The highest BCUT2D eigenvalue weighted by molar-refractivity contribution is 5.97. The molecule has 0 saturated heterocycles. The van der Waals surface area contributed by atoms with Crippen molar-refractivity contribution in [1.82, 2.24) is 0 Å². The number of nitrogens with one attached hydrogen (secondary N) is 2. The molecule has 20 heavy (non-hydrogen) atoms. The van der Waals surface area contributed by atoms with Crippen LogP contribution in [0.4, 0.5) is 15.8 Å². The van der Waals surface area contributed by atoms with Gasteiger partial charge in [0.05, 0.1) is 5.69 Å². The summed E-state index contributed by atoms with van der Waals surface area (Å²) in [7, 11) is 0. The molecular formula is C15H17FN2O2. The Morgan fingerprint density at radius 2 is 1.90 bits per heavy atom. The van der Waals surface area contributed by atoms with Crippen molar-refractivity contribution in [2.75, 3.05) is 10.6 Å². The van der Waals surface area contributed by atoms with Gasteiger partial charge in [0.1, 0.15) is 5.82 Å². The average Bonchev–Trinajstić information content (AvgIpc) is 3.27. The van der Waals surface area contributed by atoms with Gasteiger partial charge in [-0.3, -0.25) is 9.59 Å². The Balaban J connectivity index is 1.68. The highest BCUT2D eigenvalue weighted by atomic mass is 19.1. The van der Waals surface area contributed by atoms with Crippen molar-refractivity contribution >= 4 is 23.2 Å². The lowest BCUT2D eigenvalue weighted by Crippen LogP contribution is -2.16. The zero-order valence-electron chi connectivity index (χ0n) is 11.3. The molecule has 0 spiro atoms. The summed E-state index contributed by atoms with van der Waals surface area (Å²) in [4.78, 5) is 23.5. The summed E-state index contributed by atoms with van der Waals surface area (Å²) in [6.45, 7) is 2.02. The number of amides is 2. The number of benzene rings is 1. The zero-order chi connectivity index (χ0) is 14.3. The van der Waals surface area contributed by atoms with E-state index in [1.807, 2.05) is 6.92 Å². The van der Waals surface area contributed by atoms with Crippen molar-refractivity contribution in [2.45, 2.75) is 26.2 Å². The van der Waals surface area contributed by atoms with Gasteiger partial charge < -0.3 is 10.6 Å². The molecule has 0 radical (unpaired) electrons. The SMILES string of the molecule is C[C@H]1C[C@H]1C(=O)Nc1ccc(F)c(NC(=O)C2CC2)c1. The van der Waals surface area contributed by atoms with Crippen molar-refractivity contribution in [3.8, 4) is 0 Å². The minimum absolute atomic E-state index is 0.0139. The molecule has 1 aromatic rings. The van der Waals surface area contributed by atoms with E-state index < -0.39 is 5.82 Å². The lowest BCUT2D eigenvalue weighted by molar-refractivity contribution is -0.118. The predicted octanol–water partition coefficient (Wildman–Crippen LogP) is 2.77. The fourth-order valence-corrected chi connectivity index (χ4v) is 2.20. The average molecular weight is 276 g/mol. The smallest absolute Gasteiger partial charge is 0.227 e. The molecular weight excluding hydrogens is 259 g/mol. The molecule has 2 amide bonds. The maximum atomic E-state index is 13.7. The molecule has 2 N–H and O–H groups in total. The highest BCUT2D eigenvalue weighted by Gasteiger charge is 2.39. The van der Waals surface area contributed by atoms with Crippen molar-refractivity contribution in [3.63, 3.8) is 0 Å². The van der Waals surface area contributed by atoms with Crippen LogP contribution in [0.15, 0.2) is 18.2 Å². The molecule has 1 aromatic carbocycles. The largest absolute Gasteiger partial charge is 0.326 e. The van der Waals surface area contributed by atoms with Crippen molar-refractivity contribution < 1.29 is 14.0 Å². The second-order valence-electron chi connectivity index (χ2n) is 5.77. The van der Waals surface area contributed by atoms with E-state index in [4.69, 9.17) is 0 Å². The molecule has 2 fully saturated rings. The number of carbonyl (C=O) groups excluding carboxylic acids is 2. The number of hydrogen-bond donors (Lipinski definition) is 2. The maximum Gasteiger partial charge on any atom is 0.227 e. The van der Waals surface area contributed by atoms with Crippen LogP contribution in [-0.4, -0.2) is 11.8 Å². The minimum atomic E-state index is -0.489. The van der Waals surface area contributed by atoms with E-state index in [0.29, 0.717) is 11.6 Å². The van der Waals surface area contributed by atoms with E-state index in [1.165, 1.54) is 18.2 Å². The molecule has 0 aliphatic heterocycles. The van der Waals surface area contributed by atoms with E-state index in [0.717, 1.165) is 19.3 Å². The topological polar surface area (TPSA) is 58.2 Å². The van der Waals surface area contributed by atoms with Crippen LogP contribution >= 0.6 is 0 Å². The molecule has 2 aliphatic carbocycles. The standard InChI is InChI=1S/C15H17FN2O2/c1-8-6-11(8)15(20)17-10-4-5-12(16)13(7-10)18-14(19)9-2-3-9/h4-5,7-9,11H,2-3,6H2,1H3,(H,17,20)(H,18,19)/t8-,11+/m0/s1. The Bertz CT molecular complexity index is 569. The van der Waals surface area contributed by atoms with Crippen LogP contribution in [0.5, 0.6) is 0 Å². The molecule has 2 aliphatic rings. The molecule has 0 heterocycles. The first-order valence-electron chi connectivity index (χ1n) is 6.96. The van der Waals surface area contributed by atoms with Crippen LogP contribution in [0.3, 0.4) is 0 Å². The van der Waals surface area contributed by atoms with E-state index in [-0.39, 0.29) is 29.3 Å². The first kappa shape index (κ1) is 13.1. The fraction of sp³-hybridized carbons (Fsp3) is 0.467. The lowest BCUT2D eigenvalue weighted by Gasteiger charge is -2.09. The Morgan fingerprint density at radius 3 is 2.50 bits per heavy atom. The van der Waals surface area contributed by atoms with Crippen molar-refractivity contribution in [3.05, 3.63) is 24.0 Å². The van der Waals surface area contributed by atoms with Crippen LogP contribution in [0.1, 0.15) is 26.2 Å². The van der Waals surface area contributed by atoms with Gasteiger partial charge in [-0.1, -0.05) is 6.92 Å². The van der Waals surface area contributed by atoms with Crippen LogP contribution < -0.4 is 10.6 Å². The fourth-order valence-electron chi connectivity index (χ4n) is 2.20. The summed E-state index contributed by atoms with van der Waals surface area (Å²) in [6, 6.07) is 4.24. The van der Waals surface area contributed by atoms with Gasteiger partial charge in [0.15, 0.2) is 0 Å². The van der Waals surface area contributed by atoms with Crippen LogP contribution in [-0.2, 0) is 9.59 Å². The Morgan fingerprint density at radius 1 is 1.20 bits per heavy atom. The van der Waals surface area contributed by atoms with Gasteiger partial charge >= 0.3 is 0 Å². The molecule has 0 bridgehead atoms. The van der Waals surface area contributed by atoms with Crippen molar-refractivity contribution in [1.29, 1.82) is 0 Å². The quantitative estimate of drug-likeness (QED) is 0.888. The maximum absolute atomic E-state index is 13.7. The first-order valence-corrected chi connectivity index (χ1v) is 6.96. The molecule has 3 rings (SSSR count). The second-order valence-corrected chi connectivity index (χ2v) is 5.77. The lowest BCUT2D eigenvalue weighted by atomic mass is 10.2. The molecule has 2 saturated carbocycles. The summed E-state index contributed by atoms with van der Waals surface area (Å²) in [5.74, 6) is -0.183. The summed E-state index contributed by atoms with van der Waals surface area (Å²) in [6.07, 6.45) is 2.63. The number of hydrogen-bond acceptors (Lipinski definition) is 2. The third-order valence-corrected chi connectivity index (χ3v) is 3.89. The van der Waals surface area contributed by atoms with E-state index in [2.05, 4.69) is 10.6 Å². The summed E-state index contributed by atoms with van der Waals surface area (Å²) >= 11 is 0. The minimum Gasteiger partial charge on any atom is -0.326 e. The van der Waals surface area contributed by atoms with E-state index >= 15 is 0 Å².